The molecule has 0 bridgehead atoms. The normalized spacial score (nSPS) is 27.0. The highest BCUT2D eigenvalue weighted by atomic mass is 15.1. The van der Waals surface area contributed by atoms with Gasteiger partial charge in [-0.05, 0) is 56.9 Å². The van der Waals surface area contributed by atoms with Crippen LogP contribution in [0.15, 0.2) is 0 Å². The fourth-order valence-electron chi connectivity index (χ4n) is 3.21. The van der Waals surface area contributed by atoms with Gasteiger partial charge >= 0.3 is 0 Å². The van der Waals surface area contributed by atoms with Crippen LogP contribution < -0.4 is 0 Å². The van der Waals surface area contributed by atoms with E-state index in [1.165, 1.54) is 38.6 Å². The number of rotatable bonds is 5. The van der Waals surface area contributed by atoms with Crippen molar-refractivity contribution in [3.05, 3.63) is 0 Å². The largest absolute Gasteiger partial charge is 0.303 e. The van der Waals surface area contributed by atoms with Gasteiger partial charge in [-0.15, -0.1) is 0 Å². The average Bonchev–Trinajstić information content (AvgIpc) is 2.16. The molecule has 0 heterocycles. The van der Waals surface area contributed by atoms with Gasteiger partial charge in [0, 0.05) is 12.6 Å². The van der Waals surface area contributed by atoms with Gasteiger partial charge in [-0.2, -0.15) is 0 Å². The van der Waals surface area contributed by atoms with Crippen molar-refractivity contribution in [2.75, 3.05) is 13.6 Å². The molecule has 0 unspecified atom stereocenters. The smallest absolute Gasteiger partial charge is 0.00925 e. The standard InChI is InChI=1S/C15H31N/c1-12(2)10-14-6-8-15(9-7-14)16(5)11-13(3)4/h12-15H,6-11H2,1-5H3/t14-,15-. The predicted octanol–water partition coefficient (Wildman–Crippen LogP) is 4.18. The van der Waals surface area contributed by atoms with Crippen LogP contribution in [0.25, 0.3) is 0 Å². The minimum absolute atomic E-state index is 0.804. The topological polar surface area (TPSA) is 3.24 Å². The van der Waals surface area contributed by atoms with Gasteiger partial charge in [0.15, 0.2) is 0 Å². The van der Waals surface area contributed by atoms with Crippen LogP contribution in [0.3, 0.4) is 0 Å². The lowest BCUT2D eigenvalue weighted by molar-refractivity contribution is 0.144. The molecule has 0 aromatic carbocycles. The summed E-state index contributed by atoms with van der Waals surface area (Å²) in [4.78, 5) is 2.59. The molecule has 0 N–H and O–H groups in total. The Balaban J connectivity index is 2.25. The Kier molecular flexibility index (Phi) is 5.82. The van der Waals surface area contributed by atoms with Crippen molar-refractivity contribution in [1.29, 1.82) is 0 Å². The molecule has 1 saturated carbocycles. The summed E-state index contributed by atoms with van der Waals surface area (Å²) >= 11 is 0. The Morgan fingerprint density at radius 3 is 1.94 bits per heavy atom. The number of nitrogens with zero attached hydrogens (tertiary/aromatic N) is 1. The molecule has 0 saturated heterocycles. The van der Waals surface area contributed by atoms with Crippen LogP contribution in [0.4, 0.5) is 0 Å². The quantitative estimate of drug-likeness (QED) is 0.678. The zero-order chi connectivity index (χ0) is 12.1. The Morgan fingerprint density at radius 2 is 1.50 bits per heavy atom. The fourth-order valence-corrected chi connectivity index (χ4v) is 3.21. The first-order valence-electron chi connectivity index (χ1n) is 7.19. The molecule has 1 heteroatoms. The zero-order valence-electron chi connectivity index (χ0n) is 12.0. The van der Waals surface area contributed by atoms with Gasteiger partial charge < -0.3 is 4.90 Å². The Bertz CT molecular complexity index is 178. The van der Waals surface area contributed by atoms with E-state index in [9.17, 15) is 0 Å². The molecule has 0 aromatic rings. The van der Waals surface area contributed by atoms with Crippen LogP contribution in [0.5, 0.6) is 0 Å². The van der Waals surface area contributed by atoms with E-state index in [0.717, 1.165) is 23.8 Å². The molecule has 1 rings (SSSR count). The summed E-state index contributed by atoms with van der Waals surface area (Å²) in [5.74, 6) is 2.71. The maximum Gasteiger partial charge on any atom is 0.00925 e. The first-order valence-corrected chi connectivity index (χ1v) is 7.19. The predicted molar refractivity (Wildman–Crippen MR) is 72.7 cm³/mol. The third-order valence-corrected chi connectivity index (χ3v) is 3.90. The van der Waals surface area contributed by atoms with Crippen molar-refractivity contribution in [3.63, 3.8) is 0 Å². The van der Waals surface area contributed by atoms with E-state index in [1.807, 2.05) is 0 Å². The van der Waals surface area contributed by atoms with Crippen LogP contribution in [0.2, 0.25) is 0 Å². The van der Waals surface area contributed by atoms with Crippen LogP contribution in [-0.2, 0) is 0 Å². The summed E-state index contributed by atoms with van der Waals surface area (Å²) < 4.78 is 0. The van der Waals surface area contributed by atoms with E-state index in [-0.39, 0.29) is 0 Å². The molecule has 1 aliphatic carbocycles. The molecule has 96 valence electrons. The van der Waals surface area contributed by atoms with E-state index >= 15 is 0 Å². The van der Waals surface area contributed by atoms with Crippen molar-refractivity contribution in [2.24, 2.45) is 17.8 Å². The summed E-state index contributed by atoms with van der Waals surface area (Å²) in [5.41, 5.74) is 0. The van der Waals surface area contributed by atoms with Crippen molar-refractivity contribution < 1.29 is 0 Å². The fraction of sp³-hybridized carbons (Fsp3) is 1.00. The van der Waals surface area contributed by atoms with E-state index < -0.39 is 0 Å². The lowest BCUT2D eigenvalue weighted by Crippen LogP contribution is -2.37. The molecule has 0 amide bonds. The Labute approximate surface area is 103 Å². The van der Waals surface area contributed by atoms with Gasteiger partial charge in [-0.3, -0.25) is 0 Å². The van der Waals surface area contributed by atoms with Crippen molar-refractivity contribution in [1.82, 2.24) is 4.90 Å². The Hall–Kier alpha value is -0.0400. The molecular weight excluding hydrogens is 194 g/mol. The second-order valence-electron chi connectivity index (χ2n) is 6.64. The van der Waals surface area contributed by atoms with Gasteiger partial charge in [-0.25, -0.2) is 0 Å². The molecule has 0 radical (unpaired) electrons. The molecule has 0 spiro atoms. The molecular formula is C15H31N. The summed E-state index contributed by atoms with van der Waals surface area (Å²) in [6, 6.07) is 0.866. The van der Waals surface area contributed by atoms with Crippen LogP contribution in [-0.4, -0.2) is 24.5 Å². The highest BCUT2D eigenvalue weighted by Gasteiger charge is 2.24. The van der Waals surface area contributed by atoms with Gasteiger partial charge in [0.1, 0.15) is 0 Å². The van der Waals surface area contributed by atoms with Crippen molar-refractivity contribution >= 4 is 0 Å². The molecule has 16 heavy (non-hydrogen) atoms. The molecule has 1 nitrogen and oxygen atoms in total. The van der Waals surface area contributed by atoms with Gasteiger partial charge in [0.05, 0.1) is 0 Å². The first-order chi connectivity index (χ1) is 7.49. The van der Waals surface area contributed by atoms with Gasteiger partial charge in [-0.1, -0.05) is 27.7 Å². The van der Waals surface area contributed by atoms with E-state index in [2.05, 4.69) is 39.6 Å². The monoisotopic (exact) mass is 225 g/mol. The second-order valence-corrected chi connectivity index (χ2v) is 6.64. The van der Waals surface area contributed by atoms with Crippen molar-refractivity contribution in [3.8, 4) is 0 Å². The molecule has 0 aromatic heterocycles. The second kappa shape index (κ2) is 6.64. The highest BCUT2D eigenvalue weighted by molar-refractivity contribution is 4.79. The number of hydrogen-bond acceptors (Lipinski definition) is 1. The minimum atomic E-state index is 0.804. The van der Waals surface area contributed by atoms with E-state index in [0.29, 0.717) is 0 Å². The minimum Gasteiger partial charge on any atom is -0.303 e. The SMILES string of the molecule is CC(C)CN(C)[C@H]1CC[C@H](CC(C)C)CC1. The molecule has 1 aliphatic rings. The third-order valence-electron chi connectivity index (χ3n) is 3.90. The third kappa shape index (κ3) is 4.86. The van der Waals surface area contributed by atoms with Crippen LogP contribution in [0, 0.1) is 17.8 Å². The first kappa shape index (κ1) is 14.0. The lowest BCUT2D eigenvalue weighted by atomic mass is 9.81. The summed E-state index contributed by atoms with van der Waals surface area (Å²) in [7, 11) is 2.31. The maximum atomic E-state index is 2.59. The Morgan fingerprint density at radius 1 is 0.938 bits per heavy atom. The molecule has 1 fully saturated rings. The van der Waals surface area contributed by atoms with E-state index in [4.69, 9.17) is 0 Å². The number of hydrogen-bond donors (Lipinski definition) is 0. The molecule has 0 aliphatic heterocycles. The summed E-state index contributed by atoms with van der Waals surface area (Å²) in [6.45, 7) is 10.6. The van der Waals surface area contributed by atoms with Crippen molar-refractivity contribution in [2.45, 2.75) is 65.8 Å². The van der Waals surface area contributed by atoms with Crippen LogP contribution >= 0.6 is 0 Å². The maximum absolute atomic E-state index is 2.59. The van der Waals surface area contributed by atoms with E-state index in [1.54, 1.807) is 0 Å². The molecule has 0 atom stereocenters. The van der Waals surface area contributed by atoms with Gasteiger partial charge in [0.2, 0.25) is 0 Å². The zero-order valence-corrected chi connectivity index (χ0v) is 12.0. The summed E-state index contributed by atoms with van der Waals surface area (Å²) in [6.07, 6.45) is 7.23. The average molecular weight is 225 g/mol. The lowest BCUT2D eigenvalue weighted by Gasteiger charge is -2.36. The van der Waals surface area contributed by atoms with Gasteiger partial charge in [0.25, 0.3) is 0 Å². The summed E-state index contributed by atoms with van der Waals surface area (Å²) in [5, 5.41) is 0. The highest BCUT2D eigenvalue weighted by Crippen LogP contribution is 2.31. The van der Waals surface area contributed by atoms with Crippen LogP contribution in [0.1, 0.15) is 59.8 Å².